The predicted molar refractivity (Wildman–Crippen MR) is 83.3 cm³/mol. The van der Waals surface area contributed by atoms with E-state index in [9.17, 15) is 22.8 Å². The molecule has 0 aliphatic carbocycles. The molecule has 1 atom stereocenters. The first kappa shape index (κ1) is 19.6. The number of benzene rings is 1. The minimum Gasteiger partial charge on any atom is -0.487 e. The summed E-state index contributed by atoms with van der Waals surface area (Å²) in [4.78, 5) is 23.4. The van der Waals surface area contributed by atoms with Gasteiger partial charge >= 0.3 is 6.03 Å². The number of nitrogens with one attached hydrogen (secondary N) is 3. The van der Waals surface area contributed by atoms with Crippen molar-refractivity contribution in [2.45, 2.75) is 26.3 Å². The van der Waals surface area contributed by atoms with Gasteiger partial charge in [0.25, 0.3) is 6.43 Å². The average Bonchev–Trinajstić information content (AvgIpc) is 2.52. The molecule has 6 nitrogen and oxygen atoms in total. The molecule has 0 bridgehead atoms. The molecule has 0 saturated heterocycles. The molecule has 0 fully saturated rings. The Hall–Kier alpha value is -2.45. The number of alkyl halides is 3. The Morgan fingerprint density at radius 2 is 2.00 bits per heavy atom. The maximum absolute atomic E-state index is 12.2. The summed E-state index contributed by atoms with van der Waals surface area (Å²) in [5, 5.41) is 7.14. The smallest absolute Gasteiger partial charge is 0.319 e. The van der Waals surface area contributed by atoms with Gasteiger partial charge in [-0.3, -0.25) is 4.79 Å². The molecule has 0 radical (unpaired) electrons. The maximum Gasteiger partial charge on any atom is 0.319 e. The Morgan fingerprint density at radius 3 is 2.62 bits per heavy atom. The Kier molecular flexibility index (Phi) is 7.87. The summed E-state index contributed by atoms with van der Waals surface area (Å²) in [6.07, 6.45) is -2.60. The van der Waals surface area contributed by atoms with Gasteiger partial charge in [-0.1, -0.05) is 6.07 Å². The second kappa shape index (κ2) is 9.64. The summed E-state index contributed by atoms with van der Waals surface area (Å²) in [7, 11) is 0. The lowest BCUT2D eigenvalue weighted by molar-refractivity contribution is -0.122. The SMILES string of the molecule is Cc1ccc(NC(=O)N[C@@H](C)C(=O)NCCF)cc1OCC(F)F. The largest absolute Gasteiger partial charge is 0.487 e. The fraction of sp³-hybridized carbons (Fsp3) is 0.467. The van der Waals surface area contributed by atoms with Gasteiger partial charge in [-0.2, -0.15) is 0 Å². The van der Waals surface area contributed by atoms with Crippen LogP contribution >= 0.6 is 0 Å². The Labute approximate surface area is 137 Å². The van der Waals surface area contributed by atoms with Gasteiger partial charge in [0, 0.05) is 18.3 Å². The molecule has 0 aromatic heterocycles. The normalized spacial score (nSPS) is 11.8. The summed E-state index contributed by atoms with van der Waals surface area (Å²) in [5.74, 6) is -0.297. The van der Waals surface area contributed by atoms with E-state index in [1.165, 1.54) is 13.0 Å². The van der Waals surface area contributed by atoms with E-state index in [4.69, 9.17) is 4.74 Å². The number of urea groups is 1. The van der Waals surface area contributed by atoms with Gasteiger partial charge in [-0.15, -0.1) is 0 Å². The summed E-state index contributed by atoms with van der Waals surface area (Å²) in [6.45, 7) is 1.55. The minimum atomic E-state index is -2.60. The Bertz CT molecular complexity index is 570. The van der Waals surface area contributed by atoms with E-state index in [-0.39, 0.29) is 12.3 Å². The Morgan fingerprint density at radius 1 is 1.29 bits per heavy atom. The molecule has 0 heterocycles. The molecule has 1 aromatic carbocycles. The number of amides is 3. The third-order valence-electron chi connectivity index (χ3n) is 2.95. The van der Waals surface area contributed by atoms with Crippen molar-refractivity contribution in [2.75, 3.05) is 25.1 Å². The zero-order chi connectivity index (χ0) is 18.1. The van der Waals surface area contributed by atoms with Gasteiger partial charge in [-0.25, -0.2) is 18.0 Å². The van der Waals surface area contributed by atoms with E-state index in [0.717, 1.165) is 0 Å². The third kappa shape index (κ3) is 6.76. The van der Waals surface area contributed by atoms with Gasteiger partial charge < -0.3 is 20.7 Å². The second-order valence-corrected chi connectivity index (χ2v) is 4.98. The van der Waals surface area contributed by atoms with Crippen molar-refractivity contribution in [3.05, 3.63) is 23.8 Å². The van der Waals surface area contributed by atoms with Crippen LogP contribution in [0.3, 0.4) is 0 Å². The minimum absolute atomic E-state index is 0.130. The first-order chi connectivity index (χ1) is 11.3. The van der Waals surface area contributed by atoms with Crippen LogP contribution < -0.4 is 20.7 Å². The summed E-state index contributed by atoms with van der Waals surface area (Å²) < 4.78 is 41.3. The lowest BCUT2D eigenvalue weighted by Gasteiger charge is -2.15. The maximum atomic E-state index is 12.2. The van der Waals surface area contributed by atoms with E-state index in [1.54, 1.807) is 19.1 Å². The van der Waals surface area contributed by atoms with Crippen molar-refractivity contribution in [2.24, 2.45) is 0 Å². The number of ether oxygens (including phenoxy) is 1. The lowest BCUT2D eigenvalue weighted by Crippen LogP contribution is -2.46. The van der Waals surface area contributed by atoms with Gasteiger partial charge in [-0.05, 0) is 25.5 Å². The third-order valence-corrected chi connectivity index (χ3v) is 2.95. The van der Waals surface area contributed by atoms with Gasteiger partial charge in [0.05, 0.1) is 0 Å². The highest BCUT2D eigenvalue weighted by Crippen LogP contribution is 2.23. The van der Waals surface area contributed by atoms with Crippen molar-refractivity contribution in [3.8, 4) is 5.75 Å². The molecule has 1 aromatic rings. The molecule has 0 aliphatic heterocycles. The predicted octanol–water partition coefficient (Wildman–Crippen LogP) is 2.23. The number of aryl methyl sites for hydroxylation is 1. The standard InChI is InChI=1S/C15H20F3N3O3/c1-9-3-4-11(7-12(9)24-8-13(17)18)21-15(23)20-10(2)14(22)19-6-5-16/h3-4,7,10,13H,5-6,8H2,1-2H3,(H,19,22)(H2,20,21,23)/t10-/m0/s1. The van der Waals surface area contributed by atoms with Gasteiger partial charge in [0.15, 0.2) is 0 Å². The van der Waals surface area contributed by atoms with Crippen LogP contribution in [0.2, 0.25) is 0 Å². The van der Waals surface area contributed by atoms with Crippen molar-refractivity contribution in [1.29, 1.82) is 0 Å². The molecule has 24 heavy (non-hydrogen) atoms. The van der Waals surface area contributed by atoms with Crippen LogP contribution in [0, 0.1) is 6.92 Å². The molecule has 0 aliphatic rings. The number of hydrogen-bond acceptors (Lipinski definition) is 3. The van der Waals surface area contributed by atoms with Crippen molar-refractivity contribution < 1.29 is 27.5 Å². The van der Waals surface area contributed by atoms with Crippen LogP contribution in [0.5, 0.6) is 5.75 Å². The van der Waals surface area contributed by atoms with E-state index in [2.05, 4.69) is 16.0 Å². The van der Waals surface area contributed by atoms with Crippen LogP contribution in [0.4, 0.5) is 23.7 Å². The average molecular weight is 347 g/mol. The fourth-order valence-electron chi connectivity index (χ4n) is 1.74. The van der Waals surface area contributed by atoms with Crippen molar-refractivity contribution in [3.63, 3.8) is 0 Å². The van der Waals surface area contributed by atoms with Crippen molar-refractivity contribution >= 4 is 17.6 Å². The summed E-state index contributed by atoms with van der Waals surface area (Å²) in [6, 6.07) is 3.05. The lowest BCUT2D eigenvalue weighted by atomic mass is 10.2. The van der Waals surface area contributed by atoms with Crippen LogP contribution in [0.25, 0.3) is 0 Å². The summed E-state index contributed by atoms with van der Waals surface area (Å²) >= 11 is 0. The Balaban J connectivity index is 2.60. The number of carbonyl (C=O) groups excluding carboxylic acids is 2. The molecule has 0 unspecified atom stereocenters. The van der Waals surface area contributed by atoms with E-state index in [1.807, 2.05) is 0 Å². The van der Waals surface area contributed by atoms with Gasteiger partial charge in [0.1, 0.15) is 25.1 Å². The monoisotopic (exact) mass is 347 g/mol. The number of carbonyl (C=O) groups is 2. The van der Waals surface area contributed by atoms with E-state index >= 15 is 0 Å². The van der Waals surface area contributed by atoms with Crippen LogP contribution in [-0.2, 0) is 4.79 Å². The van der Waals surface area contributed by atoms with E-state index in [0.29, 0.717) is 11.3 Å². The zero-order valence-corrected chi connectivity index (χ0v) is 13.4. The molecule has 0 spiro atoms. The van der Waals surface area contributed by atoms with E-state index < -0.39 is 37.7 Å². The zero-order valence-electron chi connectivity index (χ0n) is 13.4. The topological polar surface area (TPSA) is 79.5 Å². The molecule has 3 N–H and O–H groups in total. The quantitative estimate of drug-likeness (QED) is 0.675. The molecular weight excluding hydrogens is 327 g/mol. The number of anilines is 1. The molecule has 9 heteroatoms. The number of hydrogen-bond donors (Lipinski definition) is 3. The van der Waals surface area contributed by atoms with Crippen LogP contribution in [-0.4, -0.2) is 44.2 Å². The van der Waals surface area contributed by atoms with Crippen LogP contribution in [0.15, 0.2) is 18.2 Å². The van der Waals surface area contributed by atoms with Crippen LogP contribution in [0.1, 0.15) is 12.5 Å². The van der Waals surface area contributed by atoms with Crippen molar-refractivity contribution in [1.82, 2.24) is 10.6 Å². The highest BCUT2D eigenvalue weighted by molar-refractivity contribution is 5.93. The first-order valence-electron chi connectivity index (χ1n) is 7.26. The summed E-state index contributed by atoms with van der Waals surface area (Å²) in [5.41, 5.74) is 0.958. The van der Waals surface area contributed by atoms with Gasteiger partial charge in [0.2, 0.25) is 5.91 Å². The molecule has 134 valence electrons. The second-order valence-electron chi connectivity index (χ2n) is 4.98. The highest BCUT2D eigenvalue weighted by atomic mass is 19.3. The molecule has 0 saturated carbocycles. The molecular formula is C15H20F3N3O3. The molecule has 1 rings (SSSR count). The first-order valence-corrected chi connectivity index (χ1v) is 7.26. The fourth-order valence-corrected chi connectivity index (χ4v) is 1.74. The molecule has 3 amide bonds. The number of halogens is 3. The number of rotatable bonds is 8. The highest BCUT2D eigenvalue weighted by Gasteiger charge is 2.15.